The van der Waals surface area contributed by atoms with Gasteiger partial charge in [0.1, 0.15) is 18.7 Å². The first-order chi connectivity index (χ1) is 15.4. The molecule has 1 rings (SSSR count). The molecule has 0 fully saturated rings. The van der Waals surface area contributed by atoms with Crippen LogP contribution in [0.5, 0.6) is 0 Å². The van der Waals surface area contributed by atoms with Gasteiger partial charge in [-0.2, -0.15) is 17.9 Å². The van der Waals surface area contributed by atoms with Gasteiger partial charge in [0, 0.05) is 26.9 Å². The molecule has 0 saturated heterocycles. The fraction of sp³-hybridized carbons (Fsp3) is 0.680. The number of methoxy groups -OCH3 is 1. The van der Waals surface area contributed by atoms with Crippen LogP contribution in [0.2, 0.25) is 0 Å². The van der Waals surface area contributed by atoms with Crippen molar-refractivity contribution in [3.05, 3.63) is 23.5 Å². The molecule has 1 aliphatic carbocycles. The van der Waals surface area contributed by atoms with Crippen molar-refractivity contribution < 1.29 is 28.6 Å². The van der Waals surface area contributed by atoms with Gasteiger partial charge >= 0.3 is 11.9 Å². The van der Waals surface area contributed by atoms with Crippen molar-refractivity contribution >= 4 is 30.9 Å². The van der Waals surface area contributed by atoms with E-state index in [1.165, 1.54) is 14.0 Å². The van der Waals surface area contributed by atoms with E-state index in [0.29, 0.717) is 44.5 Å². The maximum atomic E-state index is 12.1. The Morgan fingerprint density at radius 2 is 1.94 bits per heavy atom. The van der Waals surface area contributed by atoms with Gasteiger partial charge in [-0.3, -0.25) is 9.59 Å². The summed E-state index contributed by atoms with van der Waals surface area (Å²) in [5.74, 6) is -0.0248. The van der Waals surface area contributed by atoms with Crippen LogP contribution in [0, 0.1) is 28.6 Å². The number of carbonyl (C=O) groups is 3. The summed E-state index contributed by atoms with van der Waals surface area (Å²) in [5.41, 5.74) is 0.381. The minimum absolute atomic E-state index is 0.000662. The van der Waals surface area contributed by atoms with Gasteiger partial charge in [0.15, 0.2) is 0 Å². The summed E-state index contributed by atoms with van der Waals surface area (Å²) in [7, 11) is 1.53. The molecule has 4 atom stereocenters. The lowest BCUT2D eigenvalue weighted by Crippen LogP contribution is -2.30. The second-order valence-corrected chi connectivity index (χ2v) is 10.3. The molecule has 0 aromatic carbocycles. The van der Waals surface area contributed by atoms with Crippen molar-refractivity contribution in [3.8, 4) is 6.07 Å². The third kappa shape index (κ3) is 10.6. The molecular weight excluding hydrogens is 442 g/mol. The molecule has 33 heavy (non-hydrogen) atoms. The van der Waals surface area contributed by atoms with Crippen LogP contribution in [0.15, 0.2) is 23.5 Å². The molecule has 1 aliphatic rings. The molecule has 184 valence electrons. The summed E-state index contributed by atoms with van der Waals surface area (Å²) >= 11 is 4.49. The zero-order chi connectivity index (χ0) is 25.1. The van der Waals surface area contributed by atoms with E-state index in [1.807, 2.05) is 13.0 Å². The highest BCUT2D eigenvalue weighted by molar-refractivity contribution is 7.82. The number of aldehydes is 1. The van der Waals surface area contributed by atoms with Crippen molar-refractivity contribution in [3.63, 3.8) is 0 Å². The quantitative estimate of drug-likeness (QED) is 0.168. The largest absolute Gasteiger partial charge is 0.463 e. The highest BCUT2D eigenvalue weighted by Crippen LogP contribution is 2.42. The Bertz CT molecular complexity index is 797. The van der Waals surface area contributed by atoms with Crippen LogP contribution in [-0.2, 0) is 28.6 Å². The number of carbonyl (C=O) groups excluding carboxylic acids is 3. The van der Waals surface area contributed by atoms with Gasteiger partial charge in [0.25, 0.3) is 0 Å². The Morgan fingerprint density at radius 1 is 1.24 bits per heavy atom. The molecule has 0 bridgehead atoms. The first-order valence-corrected chi connectivity index (χ1v) is 11.7. The molecule has 0 amide bonds. The summed E-state index contributed by atoms with van der Waals surface area (Å²) in [4.78, 5) is 34.8. The number of esters is 2. The number of thiol groups is 1. The van der Waals surface area contributed by atoms with Crippen LogP contribution in [0.1, 0.15) is 66.2 Å². The molecule has 0 radical (unpaired) electrons. The second kappa shape index (κ2) is 13.6. The maximum absolute atomic E-state index is 12.1. The monoisotopic (exact) mass is 479 g/mol. The lowest BCUT2D eigenvalue weighted by Gasteiger charge is -2.35. The molecule has 7 nitrogen and oxygen atoms in total. The highest BCUT2D eigenvalue weighted by atomic mass is 32.1. The van der Waals surface area contributed by atoms with Gasteiger partial charge in [-0.1, -0.05) is 18.6 Å². The van der Waals surface area contributed by atoms with E-state index in [2.05, 4.69) is 25.6 Å². The smallest absolute Gasteiger partial charge is 0.307 e. The third-order valence-electron chi connectivity index (χ3n) is 5.94. The van der Waals surface area contributed by atoms with E-state index >= 15 is 0 Å². The number of hydrogen-bond donors (Lipinski definition) is 1. The number of rotatable bonds is 14. The topological polar surface area (TPSA) is 103 Å². The van der Waals surface area contributed by atoms with Crippen LogP contribution >= 0.6 is 12.6 Å². The summed E-state index contributed by atoms with van der Waals surface area (Å²) in [6, 6.07) is 2.40. The Hall–Kier alpha value is -2.11. The number of allylic oxidation sites excluding steroid dienone is 4. The molecule has 0 aromatic rings. The van der Waals surface area contributed by atoms with Crippen LogP contribution < -0.4 is 0 Å². The minimum Gasteiger partial charge on any atom is -0.463 e. The molecule has 8 heteroatoms. The van der Waals surface area contributed by atoms with Gasteiger partial charge in [-0.15, -0.1) is 0 Å². The van der Waals surface area contributed by atoms with E-state index in [-0.39, 0.29) is 36.8 Å². The van der Waals surface area contributed by atoms with E-state index in [1.54, 1.807) is 13.0 Å². The third-order valence-corrected chi connectivity index (χ3v) is 6.23. The van der Waals surface area contributed by atoms with Crippen molar-refractivity contribution in [2.75, 3.05) is 20.3 Å². The number of nitrogens with zero attached hydrogens (tertiary/aromatic N) is 1. The number of nitriles is 1. The first kappa shape index (κ1) is 28.9. The van der Waals surface area contributed by atoms with Crippen LogP contribution in [-0.4, -0.2) is 43.3 Å². The fourth-order valence-corrected chi connectivity index (χ4v) is 4.42. The molecule has 0 aromatic heterocycles. The summed E-state index contributed by atoms with van der Waals surface area (Å²) in [5, 5.41) is 9.98. The van der Waals surface area contributed by atoms with Crippen LogP contribution in [0.3, 0.4) is 0 Å². The summed E-state index contributed by atoms with van der Waals surface area (Å²) in [6.45, 7) is 7.59. The molecule has 0 heterocycles. The standard InChI is InChI=1S/C25H37NO6S/c1-18(14-25(4,33)17-27)22(20-6-8-21(9-7-20)32-19(2)28)15-24(3,16-26)11-10-23(29)31-13-12-30-5/h6,8,17-18,22,33H,7,9-15H2,1-5H3. The molecule has 0 N–H and O–H groups in total. The number of hydrogen-bond acceptors (Lipinski definition) is 8. The van der Waals surface area contributed by atoms with E-state index in [9.17, 15) is 19.6 Å². The lowest BCUT2D eigenvalue weighted by atomic mass is 9.69. The predicted molar refractivity (Wildman–Crippen MR) is 128 cm³/mol. The molecule has 0 saturated carbocycles. The van der Waals surface area contributed by atoms with Gasteiger partial charge in [0.2, 0.25) is 0 Å². The van der Waals surface area contributed by atoms with Crippen molar-refractivity contribution in [2.24, 2.45) is 17.3 Å². The van der Waals surface area contributed by atoms with E-state index < -0.39 is 10.2 Å². The first-order valence-electron chi connectivity index (χ1n) is 11.3. The maximum Gasteiger partial charge on any atom is 0.307 e. The van der Waals surface area contributed by atoms with Crippen molar-refractivity contribution in [1.82, 2.24) is 0 Å². The Labute approximate surface area is 202 Å². The van der Waals surface area contributed by atoms with Crippen molar-refractivity contribution in [2.45, 2.75) is 71.0 Å². The highest BCUT2D eigenvalue weighted by Gasteiger charge is 2.36. The Kier molecular flexibility index (Phi) is 11.9. The zero-order valence-corrected chi connectivity index (χ0v) is 21.3. The fourth-order valence-electron chi connectivity index (χ4n) is 4.13. The molecule has 0 aliphatic heterocycles. The van der Waals surface area contributed by atoms with Gasteiger partial charge in [-0.25, -0.2) is 0 Å². The Morgan fingerprint density at radius 3 is 2.45 bits per heavy atom. The van der Waals surface area contributed by atoms with Gasteiger partial charge < -0.3 is 19.0 Å². The molecule has 4 unspecified atom stereocenters. The average molecular weight is 480 g/mol. The Balaban J connectivity index is 3.04. The van der Waals surface area contributed by atoms with Crippen molar-refractivity contribution in [1.29, 1.82) is 5.26 Å². The van der Waals surface area contributed by atoms with Gasteiger partial charge in [-0.05, 0) is 57.4 Å². The minimum atomic E-state index is -0.778. The van der Waals surface area contributed by atoms with E-state index in [4.69, 9.17) is 14.2 Å². The normalized spacial score (nSPS) is 18.9. The SMILES string of the molecule is COCCOC(=O)CCC(C)(C#N)CC(C1=CC=C(OC(C)=O)CC1)C(C)CC(C)(S)C=O. The molecule has 0 spiro atoms. The molecular formula is C25H37NO6S. The lowest BCUT2D eigenvalue weighted by molar-refractivity contribution is -0.145. The number of ether oxygens (including phenoxy) is 3. The summed E-state index contributed by atoms with van der Waals surface area (Å²) in [6.07, 6.45) is 7.47. The zero-order valence-electron chi connectivity index (χ0n) is 20.4. The van der Waals surface area contributed by atoms with Crippen LogP contribution in [0.4, 0.5) is 0 Å². The second-order valence-electron chi connectivity index (χ2n) is 9.32. The van der Waals surface area contributed by atoms with Gasteiger partial charge in [0.05, 0.1) is 22.8 Å². The van der Waals surface area contributed by atoms with Crippen LogP contribution in [0.25, 0.3) is 0 Å². The predicted octanol–water partition coefficient (Wildman–Crippen LogP) is 4.57. The summed E-state index contributed by atoms with van der Waals surface area (Å²) < 4.78 is 14.4. The average Bonchev–Trinajstić information content (AvgIpc) is 2.76. The van der Waals surface area contributed by atoms with E-state index in [0.717, 1.165) is 11.9 Å².